The molecule has 1 aliphatic rings. The van der Waals surface area contributed by atoms with Crippen molar-refractivity contribution in [3.63, 3.8) is 0 Å². The molecule has 0 fully saturated rings. The summed E-state index contributed by atoms with van der Waals surface area (Å²) >= 11 is 0. The monoisotopic (exact) mass is 810 g/mol. The van der Waals surface area contributed by atoms with Crippen LogP contribution >= 0.6 is 0 Å². The van der Waals surface area contributed by atoms with E-state index in [-0.39, 0.29) is 0 Å². The van der Waals surface area contributed by atoms with Gasteiger partial charge in [0.2, 0.25) is 0 Å². The smallest absolute Gasteiger partial charge is 0.0619 e. The molecule has 0 saturated heterocycles. The highest BCUT2D eigenvalue weighted by Gasteiger charge is 2.23. The van der Waals surface area contributed by atoms with E-state index in [1.807, 2.05) is 0 Å². The highest BCUT2D eigenvalue weighted by molar-refractivity contribution is 6.20. The van der Waals surface area contributed by atoms with Gasteiger partial charge in [-0.1, -0.05) is 176 Å². The molecule has 2 aromatic heterocycles. The molecule has 2 heterocycles. The summed E-state index contributed by atoms with van der Waals surface area (Å²) in [6.45, 7) is 0. The van der Waals surface area contributed by atoms with E-state index < -0.39 is 0 Å². The SMILES string of the molecule is c1ccc(-n2c3ccccc3c3ccc(-c4ccc5c(c4)c4ccc6ccccc6c4n5-c4ccccc4-c4cccc(-c5ccc6c(c5)-c5cccc7cccc-6c57)c4)cc32)cc1. The highest BCUT2D eigenvalue weighted by Crippen LogP contribution is 2.49. The van der Waals surface area contributed by atoms with Crippen LogP contribution in [0.15, 0.2) is 231 Å². The van der Waals surface area contributed by atoms with Gasteiger partial charge in [0, 0.05) is 38.2 Å². The van der Waals surface area contributed by atoms with E-state index in [2.05, 4.69) is 240 Å². The van der Waals surface area contributed by atoms with Crippen molar-refractivity contribution in [3.8, 4) is 67.0 Å². The topological polar surface area (TPSA) is 9.86 Å². The van der Waals surface area contributed by atoms with Gasteiger partial charge in [-0.05, 0) is 121 Å². The van der Waals surface area contributed by atoms with Gasteiger partial charge in [0.1, 0.15) is 0 Å². The fourth-order valence-electron chi connectivity index (χ4n) is 11.0. The Labute approximate surface area is 370 Å². The van der Waals surface area contributed by atoms with Crippen LogP contribution < -0.4 is 0 Å². The van der Waals surface area contributed by atoms with Gasteiger partial charge in [-0.25, -0.2) is 0 Å². The Hall–Kier alpha value is -8.46. The van der Waals surface area contributed by atoms with Crippen molar-refractivity contribution in [2.24, 2.45) is 0 Å². The van der Waals surface area contributed by atoms with E-state index >= 15 is 0 Å². The summed E-state index contributed by atoms with van der Waals surface area (Å²) in [5.74, 6) is 0. The van der Waals surface area contributed by atoms with Crippen LogP contribution in [0.1, 0.15) is 0 Å². The third-order valence-electron chi connectivity index (χ3n) is 13.8. The van der Waals surface area contributed by atoms with Crippen molar-refractivity contribution >= 4 is 65.2 Å². The molecule has 0 N–H and O–H groups in total. The van der Waals surface area contributed by atoms with Crippen molar-refractivity contribution in [3.05, 3.63) is 231 Å². The minimum Gasteiger partial charge on any atom is -0.309 e. The zero-order valence-corrected chi connectivity index (χ0v) is 34.8. The number of benzene rings is 11. The quantitative estimate of drug-likeness (QED) is 0.164. The van der Waals surface area contributed by atoms with E-state index in [1.165, 1.54) is 121 Å². The summed E-state index contributed by atoms with van der Waals surface area (Å²) in [6, 6.07) is 85.3. The van der Waals surface area contributed by atoms with Crippen molar-refractivity contribution in [2.75, 3.05) is 0 Å². The largest absolute Gasteiger partial charge is 0.309 e. The lowest BCUT2D eigenvalue weighted by molar-refractivity contribution is 1.18. The standard InChI is InChI=1S/C62H38N2/c1-2-18-46(19-3-1)63-58-26-9-7-22-50(58)51-32-29-44(38-60(51)63)43-30-34-59-56(37-43)54-33-27-39-13-4-5-21-48(39)62(54)64(59)57-25-8-6-20-47(57)45-17-10-16-41(35-45)42-28-31-49-52-23-11-14-40-15-12-24-53(61(40)52)55(49)36-42/h1-38H. The Kier molecular flexibility index (Phi) is 7.43. The van der Waals surface area contributed by atoms with Crippen LogP contribution in [0.3, 0.4) is 0 Å². The fraction of sp³-hybridized carbons (Fsp3) is 0. The average molecular weight is 811 g/mol. The Morgan fingerprint density at radius 2 is 0.859 bits per heavy atom. The maximum atomic E-state index is 2.52. The first-order chi connectivity index (χ1) is 31.7. The summed E-state index contributed by atoms with van der Waals surface area (Å²) in [4.78, 5) is 0. The van der Waals surface area contributed by atoms with Crippen molar-refractivity contribution in [1.82, 2.24) is 9.13 Å². The molecule has 11 aromatic carbocycles. The fourth-order valence-corrected chi connectivity index (χ4v) is 11.0. The van der Waals surface area contributed by atoms with Crippen LogP contribution in [0.2, 0.25) is 0 Å². The predicted molar refractivity (Wildman–Crippen MR) is 271 cm³/mol. The Morgan fingerprint density at radius 1 is 0.250 bits per heavy atom. The molecular formula is C62H38N2. The summed E-state index contributed by atoms with van der Waals surface area (Å²) in [5, 5.41) is 10.1. The van der Waals surface area contributed by atoms with Crippen LogP contribution in [0, 0.1) is 0 Å². The molecule has 0 unspecified atom stereocenters. The minimum atomic E-state index is 1.16. The zero-order valence-electron chi connectivity index (χ0n) is 34.8. The second-order valence-electron chi connectivity index (χ2n) is 17.2. The van der Waals surface area contributed by atoms with Gasteiger partial charge in [-0.2, -0.15) is 0 Å². The van der Waals surface area contributed by atoms with Crippen molar-refractivity contribution in [1.29, 1.82) is 0 Å². The lowest BCUT2D eigenvalue weighted by Crippen LogP contribution is -1.98. The Balaban J connectivity index is 0.940. The number of aromatic nitrogens is 2. The third-order valence-corrected chi connectivity index (χ3v) is 13.8. The van der Waals surface area contributed by atoms with Crippen molar-refractivity contribution < 1.29 is 0 Å². The minimum absolute atomic E-state index is 1.16. The number of fused-ring (bicyclic) bond motifs is 11. The van der Waals surface area contributed by atoms with Crippen LogP contribution in [-0.2, 0) is 0 Å². The summed E-state index contributed by atoms with van der Waals surface area (Å²) in [5.41, 5.74) is 19.6. The van der Waals surface area contributed by atoms with Crippen LogP contribution in [-0.4, -0.2) is 9.13 Å². The summed E-state index contributed by atoms with van der Waals surface area (Å²) in [7, 11) is 0. The first kappa shape index (κ1) is 35.2. The zero-order chi connectivity index (χ0) is 41.9. The molecule has 14 rings (SSSR count). The van der Waals surface area contributed by atoms with Crippen LogP contribution in [0.5, 0.6) is 0 Å². The van der Waals surface area contributed by atoms with Crippen LogP contribution in [0.4, 0.5) is 0 Å². The van der Waals surface area contributed by atoms with Gasteiger partial charge < -0.3 is 9.13 Å². The lowest BCUT2D eigenvalue weighted by Gasteiger charge is -2.16. The molecule has 296 valence electrons. The molecule has 2 heteroatoms. The first-order valence-corrected chi connectivity index (χ1v) is 22.2. The molecule has 0 bridgehead atoms. The number of hydrogen-bond donors (Lipinski definition) is 0. The molecule has 0 amide bonds. The van der Waals surface area contributed by atoms with Gasteiger partial charge in [0.25, 0.3) is 0 Å². The van der Waals surface area contributed by atoms with E-state index in [0.29, 0.717) is 0 Å². The Morgan fingerprint density at radius 3 is 1.77 bits per heavy atom. The normalized spacial score (nSPS) is 12.1. The van der Waals surface area contributed by atoms with E-state index in [1.54, 1.807) is 0 Å². The summed E-state index contributed by atoms with van der Waals surface area (Å²) in [6.07, 6.45) is 0. The molecule has 2 nitrogen and oxygen atoms in total. The Bertz CT molecular complexity index is 4060. The van der Waals surface area contributed by atoms with E-state index in [4.69, 9.17) is 0 Å². The molecule has 64 heavy (non-hydrogen) atoms. The lowest BCUT2D eigenvalue weighted by atomic mass is 9.94. The van der Waals surface area contributed by atoms with E-state index in [0.717, 1.165) is 11.4 Å². The van der Waals surface area contributed by atoms with Crippen LogP contribution in [0.25, 0.3) is 132 Å². The van der Waals surface area contributed by atoms with Gasteiger partial charge in [0.05, 0.1) is 27.8 Å². The second-order valence-corrected chi connectivity index (χ2v) is 17.2. The predicted octanol–water partition coefficient (Wildman–Crippen LogP) is 16.8. The highest BCUT2D eigenvalue weighted by atomic mass is 15.0. The molecule has 0 saturated carbocycles. The molecule has 1 aliphatic carbocycles. The summed E-state index contributed by atoms with van der Waals surface area (Å²) < 4.78 is 4.92. The maximum absolute atomic E-state index is 2.52. The molecule has 0 spiro atoms. The number of hydrogen-bond acceptors (Lipinski definition) is 0. The molecule has 13 aromatic rings. The van der Waals surface area contributed by atoms with Gasteiger partial charge in [-0.3, -0.25) is 0 Å². The number of nitrogens with zero attached hydrogens (tertiary/aromatic N) is 2. The number of para-hydroxylation sites is 3. The molecular weight excluding hydrogens is 773 g/mol. The second kappa shape index (κ2) is 13.5. The average Bonchev–Trinajstić information content (AvgIpc) is 4.00. The van der Waals surface area contributed by atoms with E-state index in [9.17, 15) is 0 Å². The first-order valence-electron chi connectivity index (χ1n) is 22.2. The van der Waals surface area contributed by atoms with Gasteiger partial charge in [-0.15, -0.1) is 0 Å². The van der Waals surface area contributed by atoms with Gasteiger partial charge in [0.15, 0.2) is 0 Å². The molecule has 0 aliphatic heterocycles. The third kappa shape index (κ3) is 5.08. The van der Waals surface area contributed by atoms with Gasteiger partial charge >= 0.3 is 0 Å². The number of rotatable bonds is 5. The molecule has 0 radical (unpaired) electrons. The van der Waals surface area contributed by atoms with Crippen molar-refractivity contribution in [2.45, 2.75) is 0 Å². The molecule has 0 atom stereocenters. The maximum Gasteiger partial charge on any atom is 0.0619 e.